The van der Waals surface area contributed by atoms with Crippen molar-refractivity contribution in [1.29, 1.82) is 0 Å². The Labute approximate surface area is 125 Å². The molecule has 1 fully saturated rings. The molecule has 0 spiro atoms. The third-order valence-electron chi connectivity index (χ3n) is 3.34. The Morgan fingerprint density at radius 2 is 2.00 bits per heavy atom. The van der Waals surface area contributed by atoms with Crippen LogP contribution in [0.25, 0.3) is 0 Å². The van der Waals surface area contributed by atoms with Gasteiger partial charge in [0.25, 0.3) is 0 Å². The number of carbonyl (C=O) groups is 1. The molecule has 1 aliphatic heterocycles. The van der Waals surface area contributed by atoms with Crippen LogP contribution in [-0.2, 0) is 11.2 Å². The number of thioether (sulfide) groups is 1. The Bertz CT molecular complexity index is 450. The largest absolute Gasteiger partial charge is 0.497 e. The third-order valence-corrected chi connectivity index (χ3v) is 4.28. The van der Waals surface area contributed by atoms with Crippen molar-refractivity contribution >= 4 is 17.7 Å². The van der Waals surface area contributed by atoms with Gasteiger partial charge in [-0.05, 0) is 36.6 Å². The minimum atomic E-state index is 0.153. The van der Waals surface area contributed by atoms with Crippen molar-refractivity contribution in [2.75, 3.05) is 31.7 Å². The zero-order valence-corrected chi connectivity index (χ0v) is 12.7. The highest BCUT2D eigenvalue weighted by Crippen LogP contribution is 2.13. The van der Waals surface area contributed by atoms with Crippen LogP contribution >= 0.6 is 11.8 Å². The van der Waals surface area contributed by atoms with Crippen molar-refractivity contribution in [1.82, 2.24) is 4.90 Å². The molecule has 0 bridgehead atoms. The molecule has 0 aromatic heterocycles. The number of rotatable bonds is 5. The molecule has 1 saturated heterocycles. The summed E-state index contributed by atoms with van der Waals surface area (Å²) in [5, 5.41) is 0. The van der Waals surface area contributed by atoms with Gasteiger partial charge in [0.1, 0.15) is 5.75 Å². The SMILES string of the molecule is COc1ccc(CCC=CC(=O)N2CCSCC2)cc1. The Morgan fingerprint density at radius 1 is 1.30 bits per heavy atom. The Kier molecular flexibility index (Phi) is 5.99. The number of ether oxygens (including phenoxy) is 1. The highest BCUT2D eigenvalue weighted by atomic mass is 32.2. The summed E-state index contributed by atoms with van der Waals surface area (Å²) in [4.78, 5) is 13.8. The van der Waals surface area contributed by atoms with Crippen LogP contribution in [0.4, 0.5) is 0 Å². The predicted molar refractivity (Wildman–Crippen MR) is 84.4 cm³/mol. The van der Waals surface area contributed by atoms with Gasteiger partial charge in [0.15, 0.2) is 0 Å². The summed E-state index contributed by atoms with van der Waals surface area (Å²) in [6.45, 7) is 1.76. The normalized spacial score (nSPS) is 15.6. The number of nitrogens with zero attached hydrogens (tertiary/aromatic N) is 1. The number of amides is 1. The number of carbonyl (C=O) groups excluding carboxylic acids is 1. The summed E-state index contributed by atoms with van der Waals surface area (Å²) in [5.74, 6) is 3.15. The van der Waals surface area contributed by atoms with Gasteiger partial charge in [-0.3, -0.25) is 4.79 Å². The summed E-state index contributed by atoms with van der Waals surface area (Å²) in [6.07, 6.45) is 5.54. The van der Waals surface area contributed by atoms with Crippen LogP contribution in [0.15, 0.2) is 36.4 Å². The number of aryl methyl sites for hydroxylation is 1. The molecule has 1 aromatic rings. The molecule has 0 atom stereocenters. The second-order valence-electron chi connectivity index (χ2n) is 4.73. The molecular formula is C16H21NO2S. The van der Waals surface area contributed by atoms with E-state index in [2.05, 4.69) is 12.1 Å². The van der Waals surface area contributed by atoms with Gasteiger partial charge in [-0.1, -0.05) is 18.2 Å². The first kappa shape index (κ1) is 15.0. The van der Waals surface area contributed by atoms with Gasteiger partial charge in [0.2, 0.25) is 5.91 Å². The molecule has 0 aliphatic carbocycles. The Morgan fingerprint density at radius 3 is 2.65 bits per heavy atom. The smallest absolute Gasteiger partial charge is 0.246 e. The van der Waals surface area contributed by atoms with E-state index in [-0.39, 0.29) is 5.91 Å². The lowest BCUT2D eigenvalue weighted by atomic mass is 10.1. The lowest BCUT2D eigenvalue weighted by Crippen LogP contribution is -2.36. The lowest BCUT2D eigenvalue weighted by Gasteiger charge is -2.25. The van der Waals surface area contributed by atoms with Crippen molar-refractivity contribution < 1.29 is 9.53 Å². The molecule has 108 valence electrons. The van der Waals surface area contributed by atoms with Crippen LogP contribution in [-0.4, -0.2) is 42.5 Å². The second kappa shape index (κ2) is 8.00. The van der Waals surface area contributed by atoms with Gasteiger partial charge in [0.05, 0.1) is 7.11 Å². The minimum Gasteiger partial charge on any atom is -0.497 e. The molecule has 4 heteroatoms. The molecule has 0 radical (unpaired) electrons. The highest BCUT2D eigenvalue weighted by molar-refractivity contribution is 7.99. The molecule has 0 N–H and O–H groups in total. The molecule has 20 heavy (non-hydrogen) atoms. The maximum atomic E-state index is 11.9. The minimum absolute atomic E-state index is 0.153. The molecule has 3 nitrogen and oxygen atoms in total. The first-order valence-corrected chi connectivity index (χ1v) is 8.11. The van der Waals surface area contributed by atoms with E-state index >= 15 is 0 Å². The topological polar surface area (TPSA) is 29.5 Å². The van der Waals surface area contributed by atoms with Gasteiger partial charge in [-0.15, -0.1) is 0 Å². The predicted octanol–water partition coefficient (Wildman–Crippen LogP) is 2.76. The van der Waals surface area contributed by atoms with E-state index in [1.54, 1.807) is 13.2 Å². The van der Waals surface area contributed by atoms with E-state index in [1.165, 1.54) is 5.56 Å². The fourth-order valence-electron chi connectivity index (χ4n) is 2.12. The van der Waals surface area contributed by atoms with Gasteiger partial charge in [-0.25, -0.2) is 0 Å². The van der Waals surface area contributed by atoms with E-state index in [1.807, 2.05) is 34.9 Å². The van der Waals surface area contributed by atoms with Gasteiger partial charge < -0.3 is 9.64 Å². The first-order chi connectivity index (χ1) is 9.79. The van der Waals surface area contributed by atoms with Gasteiger partial charge in [-0.2, -0.15) is 11.8 Å². The van der Waals surface area contributed by atoms with E-state index in [9.17, 15) is 4.79 Å². The quantitative estimate of drug-likeness (QED) is 0.781. The molecule has 1 aliphatic rings. The van der Waals surface area contributed by atoms with Crippen LogP contribution < -0.4 is 4.74 Å². The van der Waals surface area contributed by atoms with Crippen molar-refractivity contribution in [3.63, 3.8) is 0 Å². The average molecular weight is 291 g/mol. The summed E-state index contributed by atoms with van der Waals surface area (Å²) in [7, 11) is 1.67. The van der Waals surface area contributed by atoms with E-state index in [0.29, 0.717) is 0 Å². The van der Waals surface area contributed by atoms with Crippen molar-refractivity contribution in [2.45, 2.75) is 12.8 Å². The van der Waals surface area contributed by atoms with Crippen LogP contribution in [0, 0.1) is 0 Å². The standard InChI is InChI=1S/C16H21NO2S/c1-19-15-8-6-14(7-9-15)4-2-3-5-16(18)17-10-12-20-13-11-17/h3,5-9H,2,4,10-13H2,1H3. The fourth-order valence-corrected chi connectivity index (χ4v) is 3.02. The summed E-state index contributed by atoms with van der Waals surface area (Å²) < 4.78 is 5.13. The van der Waals surface area contributed by atoms with Crippen LogP contribution in [0.2, 0.25) is 0 Å². The van der Waals surface area contributed by atoms with Crippen molar-refractivity contribution in [3.8, 4) is 5.75 Å². The Hall–Kier alpha value is -1.42. The lowest BCUT2D eigenvalue weighted by molar-refractivity contribution is -0.125. The molecule has 1 aromatic carbocycles. The second-order valence-corrected chi connectivity index (χ2v) is 5.95. The maximum absolute atomic E-state index is 11.9. The van der Waals surface area contributed by atoms with Gasteiger partial charge in [0, 0.05) is 24.6 Å². The number of benzene rings is 1. The zero-order chi connectivity index (χ0) is 14.2. The molecular weight excluding hydrogens is 270 g/mol. The molecule has 2 rings (SSSR count). The number of hydrogen-bond donors (Lipinski definition) is 0. The monoisotopic (exact) mass is 291 g/mol. The van der Waals surface area contributed by atoms with E-state index < -0.39 is 0 Å². The van der Waals surface area contributed by atoms with E-state index in [0.717, 1.165) is 43.2 Å². The maximum Gasteiger partial charge on any atom is 0.246 e. The van der Waals surface area contributed by atoms with E-state index in [4.69, 9.17) is 4.74 Å². The summed E-state index contributed by atoms with van der Waals surface area (Å²) >= 11 is 1.92. The molecule has 1 heterocycles. The zero-order valence-electron chi connectivity index (χ0n) is 11.9. The van der Waals surface area contributed by atoms with Crippen LogP contribution in [0.1, 0.15) is 12.0 Å². The summed E-state index contributed by atoms with van der Waals surface area (Å²) in [6, 6.07) is 8.07. The average Bonchev–Trinajstić information content (AvgIpc) is 2.53. The fraction of sp³-hybridized carbons (Fsp3) is 0.438. The number of allylic oxidation sites excluding steroid dienone is 1. The molecule has 1 amide bonds. The highest BCUT2D eigenvalue weighted by Gasteiger charge is 2.13. The Balaban J connectivity index is 1.73. The van der Waals surface area contributed by atoms with Crippen LogP contribution in [0.3, 0.4) is 0 Å². The third kappa shape index (κ3) is 4.60. The summed E-state index contributed by atoms with van der Waals surface area (Å²) in [5.41, 5.74) is 1.26. The number of methoxy groups -OCH3 is 1. The number of hydrogen-bond acceptors (Lipinski definition) is 3. The van der Waals surface area contributed by atoms with Gasteiger partial charge >= 0.3 is 0 Å². The van der Waals surface area contributed by atoms with Crippen LogP contribution in [0.5, 0.6) is 5.75 Å². The van der Waals surface area contributed by atoms with Crippen molar-refractivity contribution in [3.05, 3.63) is 42.0 Å². The molecule has 0 saturated carbocycles. The molecule has 0 unspecified atom stereocenters. The first-order valence-electron chi connectivity index (χ1n) is 6.96. The van der Waals surface area contributed by atoms with Crippen molar-refractivity contribution in [2.24, 2.45) is 0 Å².